The van der Waals surface area contributed by atoms with E-state index in [0.29, 0.717) is 4.75 Å². The minimum Gasteiger partial charge on any atom is -0.390 e. The Morgan fingerprint density at radius 2 is 1.58 bits per heavy atom. The van der Waals surface area contributed by atoms with Crippen LogP contribution < -0.4 is 0 Å². The van der Waals surface area contributed by atoms with Gasteiger partial charge in [0.25, 0.3) is 0 Å². The summed E-state index contributed by atoms with van der Waals surface area (Å²) in [4.78, 5) is 0. The fourth-order valence-electron chi connectivity index (χ4n) is 0.883. The average Bonchev–Trinajstić information content (AvgIpc) is 1.76. The van der Waals surface area contributed by atoms with Gasteiger partial charge in [-0.3, -0.25) is 0 Å². The lowest BCUT2D eigenvalue weighted by Gasteiger charge is -2.20. The van der Waals surface area contributed by atoms with Gasteiger partial charge in [-0.15, -0.1) is 0 Å². The van der Waals surface area contributed by atoms with Crippen molar-refractivity contribution in [3.63, 3.8) is 0 Å². The maximum Gasteiger partial charge on any atom is 0.0592 e. The summed E-state index contributed by atoms with van der Waals surface area (Å²) in [5, 5.41) is 9.44. The fraction of sp³-hybridized carbons (Fsp3) is 1.00. The first kappa shape index (κ1) is 12.3. The van der Waals surface area contributed by atoms with Gasteiger partial charge in [-0.25, -0.2) is 0 Å². The Bertz CT molecular complexity index is 103. The molecule has 12 heavy (non-hydrogen) atoms. The van der Waals surface area contributed by atoms with Crippen molar-refractivity contribution in [2.24, 2.45) is 0 Å². The highest BCUT2D eigenvalue weighted by Crippen LogP contribution is 2.25. The van der Waals surface area contributed by atoms with Gasteiger partial charge in [-0.1, -0.05) is 20.8 Å². The third-order valence-corrected chi connectivity index (χ3v) is 2.83. The van der Waals surface area contributed by atoms with Gasteiger partial charge < -0.3 is 5.11 Å². The third kappa shape index (κ3) is 10.3. The normalized spacial score (nSPS) is 13.5. The summed E-state index contributed by atoms with van der Waals surface area (Å²) >= 11 is 1.96. The number of hydrogen-bond donors (Lipinski definition) is 1. The molecule has 0 aromatic heterocycles. The molecule has 1 nitrogen and oxygen atoms in total. The van der Waals surface area contributed by atoms with Gasteiger partial charge in [0, 0.05) is 4.75 Å². The van der Waals surface area contributed by atoms with E-state index in [2.05, 4.69) is 20.8 Å². The van der Waals surface area contributed by atoms with Crippen molar-refractivity contribution in [2.45, 2.75) is 57.8 Å². The van der Waals surface area contributed by atoms with Crippen LogP contribution in [0.4, 0.5) is 0 Å². The molecule has 0 saturated heterocycles. The first-order chi connectivity index (χ1) is 5.21. The number of rotatable bonds is 4. The molecule has 0 aliphatic heterocycles. The monoisotopic (exact) mass is 190 g/mol. The molecule has 0 amide bonds. The number of thioether (sulfide) groups is 1. The van der Waals surface area contributed by atoms with Crippen LogP contribution >= 0.6 is 11.8 Å². The Morgan fingerprint density at radius 1 is 1.08 bits per heavy atom. The van der Waals surface area contributed by atoms with Crippen molar-refractivity contribution in [2.75, 3.05) is 5.75 Å². The lowest BCUT2D eigenvalue weighted by atomic mass is 10.0. The first-order valence-electron chi connectivity index (χ1n) is 4.57. The maximum absolute atomic E-state index is 9.44. The summed E-state index contributed by atoms with van der Waals surface area (Å²) in [6.07, 6.45) is 2.00. The zero-order chi connectivity index (χ0) is 9.83. The van der Waals surface area contributed by atoms with E-state index in [4.69, 9.17) is 0 Å². The van der Waals surface area contributed by atoms with Crippen molar-refractivity contribution in [3.8, 4) is 0 Å². The molecule has 2 heteroatoms. The topological polar surface area (TPSA) is 20.2 Å². The largest absolute Gasteiger partial charge is 0.390 e. The highest BCUT2D eigenvalue weighted by molar-refractivity contribution is 8.00. The number of aliphatic hydroxyl groups is 1. The molecule has 74 valence electrons. The van der Waals surface area contributed by atoms with Crippen LogP contribution in [0.2, 0.25) is 0 Å². The molecule has 0 saturated carbocycles. The zero-order valence-electron chi connectivity index (χ0n) is 8.98. The predicted octanol–water partition coefficient (Wildman–Crippen LogP) is 3.07. The SMILES string of the molecule is CC(C)(O)CCCSC(C)(C)C. The van der Waals surface area contributed by atoms with Gasteiger partial charge in [0.1, 0.15) is 0 Å². The minimum atomic E-state index is -0.488. The van der Waals surface area contributed by atoms with Gasteiger partial charge in [0.05, 0.1) is 5.60 Å². The molecule has 0 bridgehead atoms. The summed E-state index contributed by atoms with van der Waals surface area (Å²) in [7, 11) is 0. The van der Waals surface area contributed by atoms with Crippen molar-refractivity contribution >= 4 is 11.8 Å². The zero-order valence-corrected chi connectivity index (χ0v) is 9.79. The summed E-state index contributed by atoms with van der Waals surface area (Å²) in [6.45, 7) is 10.4. The molecule has 0 unspecified atom stereocenters. The second kappa shape index (κ2) is 4.52. The molecule has 0 atom stereocenters. The second-order valence-electron chi connectivity index (χ2n) is 4.88. The Morgan fingerprint density at radius 3 is 1.92 bits per heavy atom. The van der Waals surface area contributed by atoms with E-state index in [1.54, 1.807) is 0 Å². The van der Waals surface area contributed by atoms with E-state index in [0.717, 1.165) is 18.6 Å². The molecule has 0 radical (unpaired) electrons. The smallest absolute Gasteiger partial charge is 0.0592 e. The predicted molar refractivity (Wildman–Crippen MR) is 57.7 cm³/mol. The van der Waals surface area contributed by atoms with Crippen LogP contribution in [0.25, 0.3) is 0 Å². The Labute approximate surface area is 80.9 Å². The highest BCUT2D eigenvalue weighted by atomic mass is 32.2. The van der Waals surface area contributed by atoms with E-state index in [-0.39, 0.29) is 0 Å². The van der Waals surface area contributed by atoms with Gasteiger partial charge in [-0.2, -0.15) is 11.8 Å². The van der Waals surface area contributed by atoms with Crippen molar-refractivity contribution in [1.82, 2.24) is 0 Å². The van der Waals surface area contributed by atoms with Gasteiger partial charge >= 0.3 is 0 Å². The second-order valence-corrected chi connectivity index (χ2v) is 6.80. The van der Waals surface area contributed by atoms with Crippen LogP contribution in [0, 0.1) is 0 Å². The van der Waals surface area contributed by atoms with Crippen molar-refractivity contribution < 1.29 is 5.11 Å². The van der Waals surface area contributed by atoms with Crippen LogP contribution in [-0.4, -0.2) is 21.2 Å². The average molecular weight is 190 g/mol. The van der Waals surface area contributed by atoms with Crippen LogP contribution in [0.3, 0.4) is 0 Å². The van der Waals surface area contributed by atoms with E-state index in [1.165, 1.54) is 0 Å². The highest BCUT2D eigenvalue weighted by Gasteiger charge is 2.14. The van der Waals surface area contributed by atoms with Crippen molar-refractivity contribution in [3.05, 3.63) is 0 Å². The molecule has 0 rings (SSSR count). The molecule has 0 aliphatic rings. The van der Waals surface area contributed by atoms with Crippen LogP contribution in [0.5, 0.6) is 0 Å². The Balaban J connectivity index is 3.35. The lowest BCUT2D eigenvalue weighted by Crippen LogP contribution is -2.18. The van der Waals surface area contributed by atoms with Crippen LogP contribution in [0.15, 0.2) is 0 Å². The minimum absolute atomic E-state index is 0.361. The quantitative estimate of drug-likeness (QED) is 0.688. The molecular weight excluding hydrogens is 168 g/mol. The third-order valence-electron chi connectivity index (χ3n) is 1.47. The fourth-order valence-corrected chi connectivity index (χ4v) is 1.78. The lowest BCUT2D eigenvalue weighted by molar-refractivity contribution is 0.0706. The first-order valence-corrected chi connectivity index (χ1v) is 5.56. The standard InChI is InChI=1S/C10H22OS/c1-9(2,3)12-8-6-7-10(4,5)11/h11H,6-8H2,1-5H3. The van der Waals surface area contributed by atoms with E-state index >= 15 is 0 Å². The van der Waals surface area contributed by atoms with Crippen LogP contribution in [-0.2, 0) is 0 Å². The molecule has 1 N–H and O–H groups in total. The molecule has 0 aromatic carbocycles. The summed E-state index contributed by atoms with van der Waals surface area (Å²) in [6, 6.07) is 0. The van der Waals surface area contributed by atoms with Crippen molar-refractivity contribution in [1.29, 1.82) is 0 Å². The molecule has 0 spiro atoms. The summed E-state index contributed by atoms with van der Waals surface area (Å²) < 4.78 is 0.361. The molecule has 0 heterocycles. The molecule has 0 aromatic rings. The van der Waals surface area contributed by atoms with Gasteiger partial charge in [-0.05, 0) is 32.4 Å². The van der Waals surface area contributed by atoms with Crippen LogP contribution in [0.1, 0.15) is 47.5 Å². The maximum atomic E-state index is 9.44. The molecule has 0 aliphatic carbocycles. The Hall–Kier alpha value is 0.310. The van der Waals surface area contributed by atoms with Gasteiger partial charge in [0.2, 0.25) is 0 Å². The van der Waals surface area contributed by atoms with E-state index < -0.39 is 5.60 Å². The Kier molecular flexibility index (Phi) is 4.64. The molecule has 0 fully saturated rings. The van der Waals surface area contributed by atoms with Gasteiger partial charge in [0.15, 0.2) is 0 Å². The van der Waals surface area contributed by atoms with E-state index in [9.17, 15) is 5.11 Å². The summed E-state index contributed by atoms with van der Waals surface area (Å²) in [5.74, 6) is 1.15. The van der Waals surface area contributed by atoms with E-state index in [1.807, 2.05) is 25.6 Å². The summed E-state index contributed by atoms with van der Waals surface area (Å²) in [5.41, 5.74) is -0.488. The molecular formula is C10H22OS. The number of hydrogen-bond acceptors (Lipinski definition) is 2.